The van der Waals surface area contributed by atoms with Gasteiger partial charge < -0.3 is 20.1 Å². The molecule has 0 radical (unpaired) electrons. The SMILES string of the molecule is CCOCCOc1nc(NCC2CCNCC2C)ncc1C. The monoisotopic (exact) mass is 308 g/mol. The fraction of sp³-hybridized carbons (Fsp3) is 0.750. The van der Waals surface area contributed by atoms with Gasteiger partial charge in [-0.15, -0.1) is 0 Å². The molecule has 124 valence electrons. The van der Waals surface area contributed by atoms with E-state index in [-0.39, 0.29) is 0 Å². The molecule has 22 heavy (non-hydrogen) atoms. The molecule has 1 aromatic rings. The Morgan fingerprint density at radius 1 is 1.41 bits per heavy atom. The Morgan fingerprint density at radius 2 is 2.27 bits per heavy atom. The first kappa shape index (κ1) is 17.0. The van der Waals surface area contributed by atoms with Crippen LogP contribution in [-0.4, -0.2) is 49.4 Å². The molecule has 2 heterocycles. The molecular weight excluding hydrogens is 280 g/mol. The highest BCUT2D eigenvalue weighted by Crippen LogP contribution is 2.20. The van der Waals surface area contributed by atoms with E-state index in [0.717, 1.165) is 25.2 Å². The van der Waals surface area contributed by atoms with E-state index < -0.39 is 0 Å². The third-order valence-electron chi connectivity index (χ3n) is 4.08. The van der Waals surface area contributed by atoms with Crippen LogP contribution < -0.4 is 15.4 Å². The first-order valence-electron chi connectivity index (χ1n) is 8.19. The molecule has 0 bridgehead atoms. The summed E-state index contributed by atoms with van der Waals surface area (Å²) in [7, 11) is 0. The molecule has 6 heteroatoms. The largest absolute Gasteiger partial charge is 0.475 e. The van der Waals surface area contributed by atoms with Crippen LogP contribution in [0.5, 0.6) is 5.88 Å². The lowest BCUT2D eigenvalue weighted by Crippen LogP contribution is -2.38. The lowest BCUT2D eigenvalue weighted by molar-refractivity contribution is 0.108. The van der Waals surface area contributed by atoms with Gasteiger partial charge in [-0.2, -0.15) is 4.98 Å². The molecule has 0 aliphatic carbocycles. The number of rotatable bonds is 8. The van der Waals surface area contributed by atoms with Crippen LogP contribution in [0.1, 0.15) is 25.8 Å². The van der Waals surface area contributed by atoms with Gasteiger partial charge in [-0.3, -0.25) is 0 Å². The number of aromatic nitrogens is 2. The maximum absolute atomic E-state index is 5.67. The highest BCUT2D eigenvalue weighted by molar-refractivity contribution is 5.32. The topological polar surface area (TPSA) is 68.3 Å². The van der Waals surface area contributed by atoms with Crippen molar-refractivity contribution in [1.82, 2.24) is 15.3 Å². The van der Waals surface area contributed by atoms with E-state index >= 15 is 0 Å². The van der Waals surface area contributed by atoms with Gasteiger partial charge in [0.15, 0.2) is 0 Å². The Kier molecular flexibility index (Phi) is 6.86. The molecule has 0 amide bonds. The zero-order chi connectivity index (χ0) is 15.8. The standard InChI is InChI=1S/C16H28N4O2/c1-4-21-7-8-22-15-13(3)10-18-16(20-15)19-11-14-5-6-17-9-12(14)2/h10,12,14,17H,4-9,11H2,1-3H3,(H,18,19,20). The lowest BCUT2D eigenvalue weighted by Gasteiger charge is -2.29. The van der Waals surface area contributed by atoms with Crippen molar-refractivity contribution in [3.05, 3.63) is 11.8 Å². The lowest BCUT2D eigenvalue weighted by atomic mass is 9.88. The maximum Gasteiger partial charge on any atom is 0.225 e. The van der Waals surface area contributed by atoms with E-state index in [4.69, 9.17) is 9.47 Å². The van der Waals surface area contributed by atoms with Crippen LogP contribution in [0.4, 0.5) is 5.95 Å². The maximum atomic E-state index is 5.67. The van der Waals surface area contributed by atoms with Crippen molar-refractivity contribution >= 4 is 5.95 Å². The summed E-state index contributed by atoms with van der Waals surface area (Å²) < 4.78 is 10.9. The number of nitrogens with zero attached hydrogens (tertiary/aromatic N) is 2. The quantitative estimate of drug-likeness (QED) is 0.715. The van der Waals surface area contributed by atoms with E-state index in [9.17, 15) is 0 Å². The van der Waals surface area contributed by atoms with Gasteiger partial charge in [0.1, 0.15) is 6.61 Å². The van der Waals surface area contributed by atoms with Gasteiger partial charge in [-0.25, -0.2) is 4.98 Å². The van der Waals surface area contributed by atoms with Gasteiger partial charge >= 0.3 is 0 Å². The zero-order valence-corrected chi connectivity index (χ0v) is 13.9. The fourth-order valence-electron chi connectivity index (χ4n) is 2.59. The first-order chi connectivity index (χ1) is 10.7. The second kappa shape index (κ2) is 8.90. The Bertz CT molecular complexity index is 456. The number of anilines is 1. The Balaban J connectivity index is 1.85. The average molecular weight is 308 g/mol. The van der Waals surface area contributed by atoms with Gasteiger partial charge in [-0.1, -0.05) is 6.92 Å². The summed E-state index contributed by atoms with van der Waals surface area (Å²) in [4.78, 5) is 8.81. The highest BCUT2D eigenvalue weighted by atomic mass is 16.5. The molecule has 1 aliphatic heterocycles. The molecule has 0 saturated carbocycles. The van der Waals surface area contributed by atoms with Gasteiger partial charge in [-0.05, 0) is 45.2 Å². The molecule has 2 unspecified atom stereocenters. The Hall–Kier alpha value is -1.40. The average Bonchev–Trinajstić information content (AvgIpc) is 2.53. The van der Waals surface area contributed by atoms with Gasteiger partial charge in [0.2, 0.25) is 11.8 Å². The second-order valence-electron chi connectivity index (χ2n) is 5.84. The predicted octanol–water partition coefficient (Wildman–Crippen LogP) is 1.86. The van der Waals surface area contributed by atoms with Crippen LogP contribution in [0.25, 0.3) is 0 Å². The van der Waals surface area contributed by atoms with Crippen LogP contribution in [-0.2, 0) is 4.74 Å². The molecule has 2 N–H and O–H groups in total. The summed E-state index contributed by atoms with van der Waals surface area (Å²) in [5.41, 5.74) is 0.942. The number of aryl methyl sites for hydroxylation is 1. The predicted molar refractivity (Wildman–Crippen MR) is 87.4 cm³/mol. The van der Waals surface area contributed by atoms with Crippen LogP contribution in [0, 0.1) is 18.8 Å². The van der Waals surface area contributed by atoms with Crippen molar-refractivity contribution in [1.29, 1.82) is 0 Å². The Labute approximate surface area is 133 Å². The molecule has 1 aromatic heterocycles. The molecule has 1 fully saturated rings. The number of piperidine rings is 1. The van der Waals surface area contributed by atoms with Crippen molar-refractivity contribution < 1.29 is 9.47 Å². The molecule has 1 saturated heterocycles. The molecule has 0 spiro atoms. The number of hydrogen-bond acceptors (Lipinski definition) is 6. The first-order valence-corrected chi connectivity index (χ1v) is 8.19. The van der Waals surface area contributed by atoms with Gasteiger partial charge in [0.25, 0.3) is 0 Å². The summed E-state index contributed by atoms with van der Waals surface area (Å²) in [6, 6.07) is 0. The number of ether oxygens (including phenoxy) is 2. The fourth-order valence-corrected chi connectivity index (χ4v) is 2.59. The van der Waals surface area contributed by atoms with Crippen molar-refractivity contribution in [2.24, 2.45) is 11.8 Å². The minimum Gasteiger partial charge on any atom is -0.475 e. The zero-order valence-electron chi connectivity index (χ0n) is 13.9. The van der Waals surface area contributed by atoms with Crippen molar-refractivity contribution in [2.45, 2.75) is 27.2 Å². The van der Waals surface area contributed by atoms with E-state index in [1.807, 2.05) is 13.8 Å². The summed E-state index contributed by atoms with van der Waals surface area (Å²) in [5, 5.41) is 6.77. The van der Waals surface area contributed by atoms with Crippen molar-refractivity contribution in [2.75, 3.05) is 44.8 Å². The molecule has 2 rings (SSSR count). The summed E-state index contributed by atoms with van der Waals surface area (Å²) in [5.74, 6) is 2.61. The van der Waals surface area contributed by atoms with E-state index in [2.05, 4.69) is 27.5 Å². The molecule has 6 nitrogen and oxygen atoms in total. The third kappa shape index (κ3) is 5.10. The van der Waals surface area contributed by atoms with Crippen molar-refractivity contribution in [3.63, 3.8) is 0 Å². The summed E-state index contributed by atoms with van der Waals surface area (Å²) in [6.07, 6.45) is 2.99. The van der Waals surface area contributed by atoms with Gasteiger partial charge in [0.05, 0.1) is 6.61 Å². The molecule has 2 atom stereocenters. The smallest absolute Gasteiger partial charge is 0.225 e. The normalized spacial score (nSPS) is 21.6. The number of nitrogens with one attached hydrogen (secondary N) is 2. The molecular formula is C16H28N4O2. The minimum atomic E-state index is 0.510. The van der Waals surface area contributed by atoms with Crippen LogP contribution in [0.2, 0.25) is 0 Å². The summed E-state index contributed by atoms with van der Waals surface area (Å²) in [6.45, 7) is 11.1. The highest BCUT2D eigenvalue weighted by Gasteiger charge is 2.21. The van der Waals surface area contributed by atoms with E-state index in [1.54, 1.807) is 6.20 Å². The minimum absolute atomic E-state index is 0.510. The van der Waals surface area contributed by atoms with E-state index in [1.165, 1.54) is 6.42 Å². The number of hydrogen-bond donors (Lipinski definition) is 2. The molecule has 0 aromatic carbocycles. The second-order valence-corrected chi connectivity index (χ2v) is 5.84. The summed E-state index contributed by atoms with van der Waals surface area (Å²) >= 11 is 0. The Morgan fingerprint density at radius 3 is 3.05 bits per heavy atom. The van der Waals surface area contributed by atoms with Crippen LogP contribution in [0.3, 0.4) is 0 Å². The van der Waals surface area contributed by atoms with Crippen molar-refractivity contribution in [3.8, 4) is 5.88 Å². The van der Waals surface area contributed by atoms with E-state index in [0.29, 0.717) is 43.5 Å². The van der Waals surface area contributed by atoms with Crippen LogP contribution >= 0.6 is 0 Å². The molecule has 1 aliphatic rings. The van der Waals surface area contributed by atoms with Gasteiger partial charge in [0, 0.05) is 24.9 Å². The van der Waals surface area contributed by atoms with Crippen LogP contribution in [0.15, 0.2) is 6.20 Å². The third-order valence-corrected chi connectivity index (χ3v) is 4.08.